The number of aromatic nitrogens is 2. The third-order valence-electron chi connectivity index (χ3n) is 3.93. The number of halogens is 1. The fraction of sp³-hybridized carbons (Fsp3) is 0.467. The molecule has 1 aromatic carbocycles. The molecule has 0 spiro atoms. The molecule has 2 atom stereocenters. The number of nitrogens with two attached hydrogens (primary N) is 1. The van der Waals surface area contributed by atoms with Crippen LogP contribution in [0.1, 0.15) is 43.9 Å². The molecule has 1 aromatic heterocycles. The van der Waals surface area contributed by atoms with E-state index in [4.69, 9.17) is 10.3 Å². The van der Waals surface area contributed by atoms with Crippen LogP contribution < -0.4 is 5.73 Å². The van der Waals surface area contributed by atoms with E-state index in [1.54, 1.807) is 0 Å². The van der Waals surface area contributed by atoms with Gasteiger partial charge in [0.1, 0.15) is 0 Å². The zero-order valence-corrected chi connectivity index (χ0v) is 12.8. The molecule has 106 valence electrons. The standard InChI is InChI=1S/C15H18BrN3O/c16-11-8-6-10(7-9-11)14-18-15(20-19-14)12-4-2-1-3-5-13(12)17/h6-9,12-13H,1-5,17H2. The van der Waals surface area contributed by atoms with E-state index in [0.29, 0.717) is 11.7 Å². The minimum atomic E-state index is 0.135. The lowest BCUT2D eigenvalue weighted by atomic mass is 9.95. The van der Waals surface area contributed by atoms with Crippen molar-refractivity contribution in [3.8, 4) is 11.4 Å². The molecule has 4 nitrogen and oxygen atoms in total. The Bertz CT molecular complexity index is 567. The van der Waals surface area contributed by atoms with E-state index < -0.39 is 0 Å². The first-order valence-corrected chi connectivity index (χ1v) is 7.88. The van der Waals surface area contributed by atoms with Crippen molar-refractivity contribution < 1.29 is 4.52 Å². The Morgan fingerprint density at radius 2 is 1.85 bits per heavy atom. The molecule has 3 rings (SSSR count). The summed E-state index contributed by atoms with van der Waals surface area (Å²) >= 11 is 3.42. The van der Waals surface area contributed by atoms with Crippen molar-refractivity contribution in [2.75, 3.05) is 0 Å². The summed E-state index contributed by atoms with van der Waals surface area (Å²) in [5.74, 6) is 1.54. The molecule has 5 heteroatoms. The molecular weight excluding hydrogens is 318 g/mol. The number of hydrogen-bond acceptors (Lipinski definition) is 4. The maximum Gasteiger partial charge on any atom is 0.231 e. The predicted molar refractivity (Wildman–Crippen MR) is 81.2 cm³/mol. The smallest absolute Gasteiger partial charge is 0.231 e. The molecule has 0 bridgehead atoms. The van der Waals surface area contributed by atoms with Crippen molar-refractivity contribution in [3.63, 3.8) is 0 Å². The SMILES string of the molecule is NC1CCCCCC1c1nc(-c2ccc(Br)cc2)no1. The first-order valence-electron chi connectivity index (χ1n) is 7.09. The van der Waals surface area contributed by atoms with E-state index in [0.717, 1.165) is 22.9 Å². The van der Waals surface area contributed by atoms with Crippen molar-refractivity contribution >= 4 is 15.9 Å². The normalized spacial score (nSPS) is 23.5. The van der Waals surface area contributed by atoms with Crippen LogP contribution in [-0.2, 0) is 0 Å². The highest BCUT2D eigenvalue weighted by molar-refractivity contribution is 9.10. The first-order chi connectivity index (χ1) is 9.74. The van der Waals surface area contributed by atoms with Crippen LogP contribution in [-0.4, -0.2) is 16.2 Å². The molecule has 0 radical (unpaired) electrons. The number of nitrogens with zero attached hydrogens (tertiary/aromatic N) is 2. The summed E-state index contributed by atoms with van der Waals surface area (Å²) in [4.78, 5) is 4.55. The molecule has 1 saturated carbocycles. The molecule has 20 heavy (non-hydrogen) atoms. The molecule has 1 aliphatic rings. The topological polar surface area (TPSA) is 64.9 Å². The lowest BCUT2D eigenvalue weighted by Gasteiger charge is -2.16. The first kappa shape index (κ1) is 13.8. The highest BCUT2D eigenvalue weighted by atomic mass is 79.9. The lowest BCUT2D eigenvalue weighted by molar-refractivity contribution is 0.326. The second-order valence-corrected chi connectivity index (χ2v) is 6.29. The van der Waals surface area contributed by atoms with Crippen molar-refractivity contribution in [3.05, 3.63) is 34.6 Å². The van der Waals surface area contributed by atoms with Crippen LogP contribution in [0.15, 0.2) is 33.3 Å². The third-order valence-corrected chi connectivity index (χ3v) is 4.46. The molecule has 2 unspecified atom stereocenters. The van der Waals surface area contributed by atoms with Crippen LogP contribution >= 0.6 is 15.9 Å². The van der Waals surface area contributed by atoms with Crippen molar-refractivity contribution in [2.24, 2.45) is 5.73 Å². The van der Waals surface area contributed by atoms with Gasteiger partial charge in [-0.25, -0.2) is 0 Å². The summed E-state index contributed by atoms with van der Waals surface area (Å²) in [5, 5.41) is 4.10. The van der Waals surface area contributed by atoms with Gasteiger partial charge >= 0.3 is 0 Å². The maximum atomic E-state index is 6.24. The van der Waals surface area contributed by atoms with Gasteiger partial charge in [0.2, 0.25) is 11.7 Å². The molecule has 0 saturated heterocycles. The molecule has 0 amide bonds. The van der Waals surface area contributed by atoms with E-state index >= 15 is 0 Å². The van der Waals surface area contributed by atoms with Gasteiger partial charge in [-0.05, 0) is 37.1 Å². The van der Waals surface area contributed by atoms with Crippen molar-refractivity contribution in [2.45, 2.75) is 44.1 Å². The molecule has 0 aliphatic heterocycles. The molecule has 2 aromatic rings. The minimum absolute atomic E-state index is 0.135. The Balaban J connectivity index is 1.83. The number of benzene rings is 1. The van der Waals surface area contributed by atoms with Crippen molar-refractivity contribution in [1.82, 2.24) is 10.1 Å². The van der Waals surface area contributed by atoms with Crippen LogP contribution in [0.4, 0.5) is 0 Å². The fourth-order valence-electron chi connectivity index (χ4n) is 2.74. The Labute approximate surface area is 126 Å². The summed E-state index contributed by atoms with van der Waals surface area (Å²) < 4.78 is 6.50. The summed E-state index contributed by atoms with van der Waals surface area (Å²) in [6, 6.07) is 8.04. The average molecular weight is 336 g/mol. The number of rotatable bonds is 2. The van der Waals surface area contributed by atoms with Crippen LogP contribution in [0.2, 0.25) is 0 Å². The van der Waals surface area contributed by atoms with Gasteiger partial charge in [-0.1, -0.05) is 40.3 Å². The third kappa shape index (κ3) is 2.94. The highest BCUT2D eigenvalue weighted by Crippen LogP contribution is 2.31. The van der Waals surface area contributed by atoms with Crippen molar-refractivity contribution in [1.29, 1.82) is 0 Å². The summed E-state index contributed by atoms with van der Waals surface area (Å²) in [6.45, 7) is 0. The van der Waals surface area contributed by atoms with Gasteiger partial charge in [-0.3, -0.25) is 0 Å². The fourth-order valence-corrected chi connectivity index (χ4v) is 3.01. The van der Waals surface area contributed by atoms with Gasteiger partial charge in [0.15, 0.2) is 0 Å². The van der Waals surface area contributed by atoms with Crippen LogP contribution in [0.5, 0.6) is 0 Å². The summed E-state index contributed by atoms with van der Waals surface area (Å²) in [6.07, 6.45) is 5.72. The van der Waals surface area contributed by atoms with Gasteiger partial charge in [0.25, 0.3) is 0 Å². The second kappa shape index (κ2) is 6.06. The lowest BCUT2D eigenvalue weighted by Crippen LogP contribution is -2.27. The average Bonchev–Trinajstić information content (AvgIpc) is 2.83. The number of hydrogen-bond donors (Lipinski definition) is 1. The van der Waals surface area contributed by atoms with E-state index in [1.807, 2.05) is 24.3 Å². The van der Waals surface area contributed by atoms with Gasteiger partial charge in [0.05, 0.1) is 5.92 Å². The van der Waals surface area contributed by atoms with Gasteiger partial charge < -0.3 is 10.3 Å². The Morgan fingerprint density at radius 1 is 1.10 bits per heavy atom. The summed E-state index contributed by atoms with van der Waals surface area (Å²) in [7, 11) is 0. The van der Waals surface area contributed by atoms with E-state index in [2.05, 4.69) is 26.1 Å². The molecule has 1 heterocycles. The minimum Gasteiger partial charge on any atom is -0.339 e. The van der Waals surface area contributed by atoms with Crippen LogP contribution in [0.25, 0.3) is 11.4 Å². The monoisotopic (exact) mass is 335 g/mol. The Morgan fingerprint density at radius 3 is 2.65 bits per heavy atom. The predicted octanol–water partition coefficient (Wildman–Crippen LogP) is 3.87. The van der Waals surface area contributed by atoms with E-state index in [1.165, 1.54) is 19.3 Å². The Hall–Kier alpha value is -1.20. The quantitative estimate of drug-likeness (QED) is 0.846. The summed E-state index contributed by atoms with van der Waals surface area (Å²) in [5.41, 5.74) is 7.21. The molecular formula is C15H18BrN3O. The highest BCUT2D eigenvalue weighted by Gasteiger charge is 2.27. The van der Waals surface area contributed by atoms with Gasteiger partial charge in [0, 0.05) is 16.1 Å². The molecule has 1 aliphatic carbocycles. The van der Waals surface area contributed by atoms with E-state index in [9.17, 15) is 0 Å². The van der Waals surface area contributed by atoms with Gasteiger partial charge in [-0.15, -0.1) is 0 Å². The second-order valence-electron chi connectivity index (χ2n) is 5.37. The Kier molecular flexibility index (Phi) is 4.17. The van der Waals surface area contributed by atoms with Crippen LogP contribution in [0.3, 0.4) is 0 Å². The zero-order valence-electron chi connectivity index (χ0n) is 11.3. The maximum absolute atomic E-state index is 6.24. The van der Waals surface area contributed by atoms with Crippen LogP contribution in [0, 0.1) is 0 Å². The van der Waals surface area contributed by atoms with E-state index in [-0.39, 0.29) is 12.0 Å². The van der Waals surface area contributed by atoms with Gasteiger partial charge in [-0.2, -0.15) is 4.98 Å². The molecule has 1 fully saturated rings. The zero-order chi connectivity index (χ0) is 13.9. The molecule has 2 N–H and O–H groups in total. The largest absolute Gasteiger partial charge is 0.339 e.